The Labute approximate surface area is 181 Å². The Morgan fingerprint density at radius 1 is 0.645 bits per heavy atom. The second-order valence-corrected chi connectivity index (χ2v) is 7.04. The molecule has 0 aliphatic heterocycles. The lowest BCUT2D eigenvalue weighted by molar-refractivity contribution is -0.121. The second kappa shape index (κ2) is 13.5. The highest BCUT2D eigenvalue weighted by Crippen LogP contribution is 2.09. The van der Waals surface area contributed by atoms with Gasteiger partial charge in [-0.05, 0) is 72.5 Å². The molecular weight excluding hydrogens is 396 g/mol. The second-order valence-electron chi connectivity index (χ2n) is 7.04. The van der Waals surface area contributed by atoms with Crippen LogP contribution < -0.4 is 10.9 Å². The highest BCUT2D eigenvalue weighted by atomic mass is 16.3. The Balaban J connectivity index is 1.46. The van der Waals surface area contributed by atoms with Crippen molar-refractivity contribution >= 4 is 24.2 Å². The Hall–Kier alpha value is -3.68. The van der Waals surface area contributed by atoms with Gasteiger partial charge in [-0.1, -0.05) is 19.3 Å². The highest BCUT2D eigenvalue weighted by Gasteiger charge is 2.01. The maximum atomic E-state index is 11.7. The lowest BCUT2D eigenvalue weighted by Gasteiger charge is -2.02. The van der Waals surface area contributed by atoms with Crippen LogP contribution in [0.3, 0.4) is 0 Å². The molecule has 164 valence electrons. The third kappa shape index (κ3) is 10.6. The van der Waals surface area contributed by atoms with E-state index in [0.29, 0.717) is 12.8 Å². The van der Waals surface area contributed by atoms with Crippen molar-refractivity contribution in [2.24, 2.45) is 10.2 Å². The van der Waals surface area contributed by atoms with Crippen LogP contribution in [0.25, 0.3) is 0 Å². The van der Waals surface area contributed by atoms with Crippen molar-refractivity contribution in [3.05, 3.63) is 59.7 Å². The molecule has 0 aliphatic carbocycles. The van der Waals surface area contributed by atoms with E-state index >= 15 is 0 Å². The summed E-state index contributed by atoms with van der Waals surface area (Å²) in [5, 5.41) is 26.2. The van der Waals surface area contributed by atoms with Crippen molar-refractivity contribution in [1.29, 1.82) is 0 Å². The number of carbonyl (C=O) groups excluding carboxylic acids is 2. The van der Waals surface area contributed by atoms with Crippen LogP contribution in [0.5, 0.6) is 11.5 Å². The molecule has 4 N–H and O–H groups in total. The van der Waals surface area contributed by atoms with Crippen molar-refractivity contribution in [3.8, 4) is 11.5 Å². The topological polar surface area (TPSA) is 123 Å². The third-order valence-corrected chi connectivity index (χ3v) is 4.40. The van der Waals surface area contributed by atoms with Crippen LogP contribution in [-0.4, -0.2) is 34.5 Å². The zero-order valence-corrected chi connectivity index (χ0v) is 17.3. The Kier molecular flexibility index (Phi) is 10.3. The van der Waals surface area contributed by atoms with E-state index in [0.717, 1.165) is 43.2 Å². The van der Waals surface area contributed by atoms with Gasteiger partial charge in [0.05, 0.1) is 12.4 Å². The zero-order chi connectivity index (χ0) is 22.3. The number of nitrogens with one attached hydrogen (secondary N) is 2. The average molecular weight is 425 g/mol. The van der Waals surface area contributed by atoms with Crippen molar-refractivity contribution in [2.45, 2.75) is 44.9 Å². The average Bonchev–Trinajstić information content (AvgIpc) is 2.76. The minimum atomic E-state index is -0.138. The smallest absolute Gasteiger partial charge is 0.240 e. The number of phenols is 2. The van der Waals surface area contributed by atoms with Crippen molar-refractivity contribution in [3.63, 3.8) is 0 Å². The maximum Gasteiger partial charge on any atom is 0.240 e. The summed E-state index contributed by atoms with van der Waals surface area (Å²) in [4.78, 5) is 23.5. The molecule has 0 aliphatic rings. The van der Waals surface area contributed by atoms with Gasteiger partial charge in [-0.15, -0.1) is 0 Å². The number of unbranched alkanes of at least 4 members (excludes halogenated alkanes) is 4. The third-order valence-electron chi connectivity index (χ3n) is 4.40. The van der Waals surface area contributed by atoms with Gasteiger partial charge in [0.25, 0.3) is 0 Å². The summed E-state index contributed by atoms with van der Waals surface area (Å²) in [5.41, 5.74) is 6.54. The Bertz CT molecular complexity index is 804. The molecule has 0 saturated heterocycles. The largest absolute Gasteiger partial charge is 0.508 e. The van der Waals surface area contributed by atoms with Crippen LogP contribution in [0.4, 0.5) is 0 Å². The lowest BCUT2D eigenvalue weighted by atomic mass is 10.1. The number of benzene rings is 2. The van der Waals surface area contributed by atoms with Gasteiger partial charge in [0.1, 0.15) is 11.5 Å². The van der Waals surface area contributed by atoms with Gasteiger partial charge in [0.15, 0.2) is 0 Å². The number of hydrazone groups is 2. The monoisotopic (exact) mass is 424 g/mol. The van der Waals surface area contributed by atoms with Crippen LogP contribution in [0.1, 0.15) is 56.1 Å². The van der Waals surface area contributed by atoms with Gasteiger partial charge >= 0.3 is 0 Å². The molecule has 0 bridgehead atoms. The number of rotatable bonds is 12. The minimum absolute atomic E-state index is 0.138. The lowest BCUT2D eigenvalue weighted by Crippen LogP contribution is -2.17. The van der Waals surface area contributed by atoms with Gasteiger partial charge in [-0.2, -0.15) is 10.2 Å². The number of nitrogens with zero attached hydrogens (tertiary/aromatic N) is 2. The predicted octanol–water partition coefficient (Wildman–Crippen LogP) is 3.43. The standard InChI is InChI=1S/C23H28N4O4/c28-20-12-8-18(9-13-20)16-24-26-22(30)6-4-2-1-3-5-7-23(31)27-25-17-19-10-14-21(29)15-11-19/h8-17,28-29H,1-7H2,(H,26,30)(H,27,31)/b24-16+,25-17+. The van der Waals surface area contributed by atoms with E-state index in [9.17, 15) is 19.8 Å². The summed E-state index contributed by atoms with van der Waals surface area (Å²) in [6, 6.07) is 13.0. The fraction of sp³-hybridized carbons (Fsp3) is 0.304. The molecule has 8 nitrogen and oxygen atoms in total. The Morgan fingerprint density at radius 2 is 1.00 bits per heavy atom. The van der Waals surface area contributed by atoms with Crippen LogP contribution in [0, 0.1) is 0 Å². The number of amides is 2. The molecule has 8 heteroatoms. The molecule has 2 aromatic carbocycles. The summed E-state index contributed by atoms with van der Waals surface area (Å²) < 4.78 is 0. The normalized spacial score (nSPS) is 11.1. The summed E-state index contributed by atoms with van der Waals surface area (Å²) in [6.45, 7) is 0. The van der Waals surface area contributed by atoms with E-state index < -0.39 is 0 Å². The first-order chi connectivity index (χ1) is 15.0. The first-order valence-corrected chi connectivity index (χ1v) is 10.2. The predicted molar refractivity (Wildman–Crippen MR) is 120 cm³/mol. The van der Waals surface area contributed by atoms with E-state index in [1.165, 1.54) is 12.4 Å². The molecule has 0 heterocycles. The van der Waals surface area contributed by atoms with Gasteiger partial charge in [-0.25, -0.2) is 10.9 Å². The Morgan fingerprint density at radius 3 is 1.39 bits per heavy atom. The van der Waals surface area contributed by atoms with Crippen LogP contribution >= 0.6 is 0 Å². The SMILES string of the molecule is O=C(CCCCCCCC(=O)N/N=C/c1ccc(O)cc1)N/N=C/c1ccc(O)cc1. The number of aromatic hydroxyl groups is 2. The fourth-order valence-electron chi connectivity index (χ4n) is 2.69. The van der Waals surface area contributed by atoms with Crippen LogP contribution in [0.2, 0.25) is 0 Å². The zero-order valence-electron chi connectivity index (χ0n) is 17.3. The van der Waals surface area contributed by atoms with E-state index in [-0.39, 0.29) is 23.3 Å². The molecule has 0 fully saturated rings. The van der Waals surface area contributed by atoms with Gasteiger partial charge < -0.3 is 10.2 Å². The molecule has 0 spiro atoms. The molecule has 0 saturated carbocycles. The number of phenolic OH excluding ortho intramolecular Hbond substituents is 2. The van der Waals surface area contributed by atoms with Crippen LogP contribution in [0.15, 0.2) is 58.7 Å². The molecule has 0 unspecified atom stereocenters. The first kappa shape index (κ1) is 23.6. The van der Waals surface area contributed by atoms with Gasteiger partial charge in [0.2, 0.25) is 11.8 Å². The maximum absolute atomic E-state index is 11.7. The summed E-state index contributed by atoms with van der Waals surface area (Å²) in [7, 11) is 0. The van der Waals surface area contributed by atoms with E-state index in [2.05, 4.69) is 21.1 Å². The minimum Gasteiger partial charge on any atom is -0.508 e. The number of hydrogen-bond acceptors (Lipinski definition) is 6. The highest BCUT2D eigenvalue weighted by molar-refractivity contribution is 5.83. The summed E-state index contributed by atoms with van der Waals surface area (Å²) >= 11 is 0. The number of hydrogen-bond donors (Lipinski definition) is 4. The quantitative estimate of drug-likeness (QED) is 0.237. The molecule has 0 radical (unpaired) electrons. The molecular formula is C23H28N4O4. The van der Waals surface area contributed by atoms with E-state index in [1.807, 2.05) is 0 Å². The van der Waals surface area contributed by atoms with Crippen LogP contribution in [-0.2, 0) is 9.59 Å². The van der Waals surface area contributed by atoms with Crippen molar-refractivity contribution in [2.75, 3.05) is 0 Å². The summed E-state index contributed by atoms with van der Waals surface area (Å²) in [5.74, 6) is 0.0867. The van der Waals surface area contributed by atoms with Crippen molar-refractivity contribution in [1.82, 2.24) is 10.9 Å². The molecule has 31 heavy (non-hydrogen) atoms. The van der Waals surface area contributed by atoms with E-state index in [4.69, 9.17) is 0 Å². The summed E-state index contributed by atoms with van der Waals surface area (Å²) in [6.07, 6.45) is 8.17. The molecule has 2 rings (SSSR count). The molecule has 0 atom stereocenters. The first-order valence-electron chi connectivity index (χ1n) is 10.2. The molecule has 0 aromatic heterocycles. The van der Waals surface area contributed by atoms with Gasteiger partial charge in [-0.3, -0.25) is 9.59 Å². The van der Waals surface area contributed by atoms with E-state index in [1.54, 1.807) is 48.5 Å². The van der Waals surface area contributed by atoms with Crippen molar-refractivity contribution < 1.29 is 19.8 Å². The molecule has 2 aromatic rings. The van der Waals surface area contributed by atoms with Gasteiger partial charge in [0, 0.05) is 12.8 Å². The fourth-order valence-corrected chi connectivity index (χ4v) is 2.69. The molecule has 2 amide bonds. The number of carbonyl (C=O) groups is 2.